The van der Waals surface area contributed by atoms with Gasteiger partial charge in [0, 0.05) is 30.0 Å². The molecule has 0 radical (unpaired) electrons. The van der Waals surface area contributed by atoms with E-state index < -0.39 is 0 Å². The van der Waals surface area contributed by atoms with Crippen molar-refractivity contribution in [3.8, 4) is 0 Å². The minimum Gasteiger partial charge on any atom is -0.310 e. The monoisotopic (exact) mass is 305 g/mol. The highest BCUT2D eigenvalue weighted by Crippen LogP contribution is 2.27. The van der Waals surface area contributed by atoms with Crippen LogP contribution in [-0.2, 0) is 13.5 Å². The van der Waals surface area contributed by atoms with Crippen molar-refractivity contribution in [2.24, 2.45) is 7.05 Å². The highest BCUT2D eigenvalue weighted by atomic mass is 35.5. The van der Waals surface area contributed by atoms with Gasteiger partial charge in [0.25, 0.3) is 0 Å². The molecule has 0 amide bonds. The standard InChI is InChI=1S/C17H24ClN3/c1-4-10-19-17(8-6-14-9-11-20-21(14)3)15-7-5-13(2)12-16(15)18/h5,7,9,11-12,17,19H,4,6,8,10H2,1-3H3. The van der Waals surface area contributed by atoms with Gasteiger partial charge >= 0.3 is 0 Å². The summed E-state index contributed by atoms with van der Waals surface area (Å²) >= 11 is 6.44. The topological polar surface area (TPSA) is 29.9 Å². The molecular weight excluding hydrogens is 282 g/mol. The van der Waals surface area contributed by atoms with Crippen LogP contribution in [0.3, 0.4) is 0 Å². The molecule has 1 heterocycles. The van der Waals surface area contributed by atoms with Crippen molar-refractivity contribution in [3.05, 3.63) is 52.3 Å². The first kappa shape index (κ1) is 16.1. The van der Waals surface area contributed by atoms with Crippen molar-refractivity contribution in [2.45, 2.75) is 39.2 Å². The second kappa shape index (κ2) is 7.62. The molecule has 0 bridgehead atoms. The van der Waals surface area contributed by atoms with E-state index in [0.717, 1.165) is 30.8 Å². The second-order valence-corrected chi connectivity index (χ2v) is 5.92. The molecule has 1 aromatic carbocycles. The van der Waals surface area contributed by atoms with E-state index in [4.69, 9.17) is 11.6 Å². The normalized spacial score (nSPS) is 12.6. The van der Waals surface area contributed by atoms with Gasteiger partial charge in [-0.1, -0.05) is 30.7 Å². The lowest BCUT2D eigenvalue weighted by atomic mass is 9.99. The maximum atomic E-state index is 6.44. The number of nitrogens with one attached hydrogen (secondary N) is 1. The van der Waals surface area contributed by atoms with Crippen molar-refractivity contribution in [1.82, 2.24) is 15.1 Å². The summed E-state index contributed by atoms with van der Waals surface area (Å²) < 4.78 is 1.94. The Balaban J connectivity index is 2.12. The second-order valence-electron chi connectivity index (χ2n) is 5.52. The first-order valence-electron chi connectivity index (χ1n) is 7.58. The molecule has 0 aliphatic rings. The molecule has 2 rings (SSSR count). The number of hydrogen-bond acceptors (Lipinski definition) is 2. The summed E-state index contributed by atoms with van der Waals surface area (Å²) in [5.74, 6) is 0. The van der Waals surface area contributed by atoms with Crippen LogP contribution in [0.5, 0.6) is 0 Å². The lowest BCUT2D eigenvalue weighted by Gasteiger charge is -2.20. The third-order valence-corrected chi connectivity index (χ3v) is 4.11. The Bertz CT molecular complexity index is 577. The Hall–Kier alpha value is -1.32. The van der Waals surface area contributed by atoms with Gasteiger partial charge in [0.15, 0.2) is 0 Å². The highest BCUT2D eigenvalue weighted by Gasteiger charge is 2.15. The Kier molecular flexibility index (Phi) is 5.83. The molecule has 1 atom stereocenters. The van der Waals surface area contributed by atoms with Crippen LogP contribution in [0, 0.1) is 6.92 Å². The molecule has 0 saturated heterocycles. The van der Waals surface area contributed by atoms with Gasteiger partial charge in [-0.3, -0.25) is 4.68 Å². The smallest absolute Gasteiger partial charge is 0.0492 e. The number of halogens is 1. The Labute approximate surface area is 132 Å². The van der Waals surface area contributed by atoms with Gasteiger partial charge in [0.1, 0.15) is 0 Å². The number of aromatic nitrogens is 2. The summed E-state index contributed by atoms with van der Waals surface area (Å²) in [7, 11) is 1.99. The van der Waals surface area contributed by atoms with Crippen LogP contribution in [0.1, 0.15) is 42.6 Å². The molecule has 2 aromatic rings. The van der Waals surface area contributed by atoms with E-state index in [2.05, 4.69) is 42.5 Å². The quantitative estimate of drug-likeness (QED) is 0.836. The molecule has 1 aromatic heterocycles. The van der Waals surface area contributed by atoms with E-state index in [9.17, 15) is 0 Å². The van der Waals surface area contributed by atoms with Crippen LogP contribution in [-0.4, -0.2) is 16.3 Å². The molecule has 21 heavy (non-hydrogen) atoms. The molecule has 114 valence electrons. The zero-order chi connectivity index (χ0) is 15.2. The third-order valence-electron chi connectivity index (χ3n) is 3.78. The molecule has 0 fully saturated rings. The van der Waals surface area contributed by atoms with Gasteiger partial charge in [-0.25, -0.2) is 0 Å². The summed E-state index contributed by atoms with van der Waals surface area (Å²) in [4.78, 5) is 0. The summed E-state index contributed by atoms with van der Waals surface area (Å²) in [6, 6.07) is 8.68. The van der Waals surface area contributed by atoms with Gasteiger partial charge in [-0.2, -0.15) is 5.10 Å². The first-order chi connectivity index (χ1) is 10.1. The highest BCUT2D eigenvalue weighted by molar-refractivity contribution is 6.31. The Morgan fingerprint density at radius 2 is 2.14 bits per heavy atom. The van der Waals surface area contributed by atoms with Crippen molar-refractivity contribution < 1.29 is 0 Å². The molecular formula is C17H24ClN3. The molecule has 0 aliphatic heterocycles. The molecule has 4 heteroatoms. The van der Waals surface area contributed by atoms with Crippen LogP contribution in [0.15, 0.2) is 30.5 Å². The summed E-state index contributed by atoms with van der Waals surface area (Å²) in [5.41, 5.74) is 3.64. The molecule has 3 nitrogen and oxygen atoms in total. The molecule has 0 saturated carbocycles. The van der Waals surface area contributed by atoms with Crippen LogP contribution < -0.4 is 5.32 Å². The van der Waals surface area contributed by atoms with E-state index in [-0.39, 0.29) is 6.04 Å². The largest absolute Gasteiger partial charge is 0.310 e. The number of benzene rings is 1. The minimum absolute atomic E-state index is 0.285. The van der Waals surface area contributed by atoms with Crippen molar-refractivity contribution in [2.75, 3.05) is 6.54 Å². The van der Waals surface area contributed by atoms with Crippen LogP contribution in [0.2, 0.25) is 5.02 Å². The average molecular weight is 306 g/mol. The fourth-order valence-corrected chi connectivity index (χ4v) is 2.91. The van der Waals surface area contributed by atoms with Crippen LogP contribution >= 0.6 is 11.6 Å². The fraction of sp³-hybridized carbons (Fsp3) is 0.471. The summed E-state index contributed by atoms with van der Waals surface area (Å²) in [6.07, 6.45) is 4.97. The van der Waals surface area contributed by atoms with Gasteiger partial charge in [0.2, 0.25) is 0 Å². The summed E-state index contributed by atoms with van der Waals surface area (Å²) in [6.45, 7) is 5.25. The van der Waals surface area contributed by atoms with Crippen LogP contribution in [0.4, 0.5) is 0 Å². The van der Waals surface area contributed by atoms with E-state index >= 15 is 0 Å². The average Bonchev–Trinajstić information content (AvgIpc) is 2.85. The summed E-state index contributed by atoms with van der Waals surface area (Å²) in [5, 5.41) is 8.70. The molecule has 0 aliphatic carbocycles. The number of rotatable bonds is 7. The predicted molar refractivity (Wildman–Crippen MR) is 88.8 cm³/mol. The maximum absolute atomic E-state index is 6.44. The van der Waals surface area contributed by atoms with Gasteiger partial charge in [0.05, 0.1) is 0 Å². The van der Waals surface area contributed by atoms with E-state index in [0.29, 0.717) is 0 Å². The van der Waals surface area contributed by atoms with E-state index in [1.807, 2.05) is 24.0 Å². The Morgan fingerprint density at radius 1 is 1.33 bits per heavy atom. The number of aryl methyl sites for hydroxylation is 3. The first-order valence-corrected chi connectivity index (χ1v) is 7.96. The van der Waals surface area contributed by atoms with Crippen molar-refractivity contribution in [3.63, 3.8) is 0 Å². The minimum atomic E-state index is 0.285. The molecule has 1 N–H and O–H groups in total. The van der Waals surface area contributed by atoms with E-state index in [1.54, 1.807) is 0 Å². The SMILES string of the molecule is CCCNC(CCc1ccnn1C)c1ccc(C)cc1Cl. The number of nitrogens with zero attached hydrogens (tertiary/aromatic N) is 2. The zero-order valence-electron chi connectivity index (χ0n) is 13.1. The van der Waals surface area contributed by atoms with Gasteiger partial charge in [-0.15, -0.1) is 0 Å². The van der Waals surface area contributed by atoms with Crippen molar-refractivity contribution >= 4 is 11.6 Å². The van der Waals surface area contributed by atoms with Crippen molar-refractivity contribution in [1.29, 1.82) is 0 Å². The van der Waals surface area contributed by atoms with E-state index in [1.165, 1.54) is 16.8 Å². The lowest BCUT2D eigenvalue weighted by Crippen LogP contribution is -2.23. The lowest BCUT2D eigenvalue weighted by molar-refractivity contribution is 0.492. The zero-order valence-corrected chi connectivity index (χ0v) is 13.8. The molecule has 1 unspecified atom stereocenters. The van der Waals surface area contributed by atoms with Gasteiger partial charge in [-0.05, 0) is 56.0 Å². The van der Waals surface area contributed by atoms with Crippen LogP contribution in [0.25, 0.3) is 0 Å². The maximum Gasteiger partial charge on any atom is 0.0492 e. The van der Waals surface area contributed by atoms with Gasteiger partial charge < -0.3 is 5.32 Å². The third kappa shape index (κ3) is 4.32. The number of hydrogen-bond donors (Lipinski definition) is 1. The molecule has 0 spiro atoms. The predicted octanol–water partition coefficient (Wildman–Crippen LogP) is 4.06. The Morgan fingerprint density at radius 3 is 2.76 bits per heavy atom. The fourth-order valence-electron chi connectivity index (χ4n) is 2.54.